The molecule has 0 heterocycles. The molecular weight excluding hydrogens is 174 g/mol. The lowest BCUT2D eigenvalue weighted by atomic mass is 10.2. The Kier molecular flexibility index (Phi) is 2.84. The summed E-state index contributed by atoms with van der Waals surface area (Å²) < 4.78 is 0. The van der Waals surface area contributed by atoms with Gasteiger partial charge in [-0.15, -0.1) is 0 Å². The van der Waals surface area contributed by atoms with Crippen LogP contribution in [0.5, 0.6) is 5.75 Å². The fraction of sp³-hybridized carbons (Fsp3) is 0.333. The molecule has 0 bridgehead atoms. The van der Waals surface area contributed by atoms with Crippen LogP contribution in [0.4, 0.5) is 0 Å². The van der Waals surface area contributed by atoms with E-state index in [1.165, 1.54) is 0 Å². The van der Waals surface area contributed by atoms with Gasteiger partial charge in [-0.2, -0.15) is 0 Å². The summed E-state index contributed by atoms with van der Waals surface area (Å²) in [6.45, 7) is 0.834. The molecule has 0 amide bonds. The van der Waals surface area contributed by atoms with Gasteiger partial charge in [-0.25, -0.2) is 0 Å². The minimum absolute atomic E-state index is 0.342. The molecule has 0 radical (unpaired) electrons. The molecule has 1 aromatic carbocycles. The lowest BCUT2D eigenvalue weighted by molar-refractivity contribution is 0.473. The maximum absolute atomic E-state index is 9.26. The molecule has 0 spiro atoms. The van der Waals surface area contributed by atoms with Gasteiger partial charge in [0.15, 0.2) is 0 Å². The number of nitrogens with one attached hydrogen (secondary N) is 1. The maximum atomic E-state index is 9.26. The van der Waals surface area contributed by atoms with Crippen molar-refractivity contribution in [2.24, 2.45) is 0 Å². The summed E-state index contributed by atoms with van der Waals surface area (Å²) in [6, 6.07) is 7.97. The summed E-state index contributed by atoms with van der Waals surface area (Å²) in [5.41, 5.74) is 1.14. The molecule has 74 valence electrons. The van der Waals surface area contributed by atoms with Crippen molar-refractivity contribution in [3.05, 3.63) is 42.0 Å². The summed E-state index contributed by atoms with van der Waals surface area (Å²) in [4.78, 5) is 0. The van der Waals surface area contributed by atoms with Crippen LogP contribution in [0.25, 0.3) is 0 Å². The van der Waals surface area contributed by atoms with E-state index in [9.17, 15) is 5.11 Å². The molecule has 1 aliphatic carbocycles. The first kappa shape index (κ1) is 9.28. The van der Waals surface area contributed by atoms with Crippen molar-refractivity contribution in [3.63, 3.8) is 0 Å². The largest absolute Gasteiger partial charge is 0.508 e. The predicted octanol–water partition coefficient (Wildman–Crippen LogP) is 2.20. The molecule has 0 fully saturated rings. The van der Waals surface area contributed by atoms with Crippen LogP contribution in [-0.4, -0.2) is 11.1 Å². The van der Waals surface area contributed by atoms with Crippen molar-refractivity contribution in [2.45, 2.75) is 25.4 Å². The zero-order valence-corrected chi connectivity index (χ0v) is 8.11. The Balaban J connectivity index is 1.85. The van der Waals surface area contributed by atoms with Gasteiger partial charge in [0.2, 0.25) is 0 Å². The number of hydrogen-bond donors (Lipinski definition) is 2. The Morgan fingerprint density at radius 2 is 2.07 bits per heavy atom. The van der Waals surface area contributed by atoms with Crippen molar-refractivity contribution < 1.29 is 5.11 Å². The van der Waals surface area contributed by atoms with E-state index in [4.69, 9.17) is 0 Å². The second kappa shape index (κ2) is 4.29. The van der Waals surface area contributed by atoms with Gasteiger partial charge in [0.05, 0.1) is 0 Å². The summed E-state index contributed by atoms with van der Waals surface area (Å²) >= 11 is 0. The molecule has 14 heavy (non-hydrogen) atoms. The van der Waals surface area contributed by atoms with Crippen molar-refractivity contribution in [1.29, 1.82) is 0 Å². The molecule has 0 aromatic heterocycles. The van der Waals surface area contributed by atoms with E-state index in [2.05, 4.69) is 17.5 Å². The zero-order valence-electron chi connectivity index (χ0n) is 8.11. The van der Waals surface area contributed by atoms with Gasteiger partial charge in [0.1, 0.15) is 5.75 Å². The Hall–Kier alpha value is -1.28. The van der Waals surface area contributed by atoms with Gasteiger partial charge in [0.25, 0.3) is 0 Å². The highest BCUT2D eigenvalue weighted by atomic mass is 16.3. The van der Waals surface area contributed by atoms with Crippen molar-refractivity contribution in [1.82, 2.24) is 5.32 Å². The van der Waals surface area contributed by atoms with E-state index < -0.39 is 0 Å². The molecule has 2 heteroatoms. The first-order chi connectivity index (χ1) is 6.84. The summed E-state index contributed by atoms with van der Waals surface area (Å²) in [7, 11) is 0. The minimum Gasteiger partial charge on any atom is -0.508 e. The van der Waals surface area contributed by atoms with E-state index in [1.807, 2.05) is 12.1 Å². The van der Waals surface area contributed by atoms with E-state index in [-0.39, 0.29) is 0 Å². The average molecular weight is 189 g/mol. The third-order valence-electron chi connectivity index (χ3n) is 2.51. The van der Waals surface area contributed by atoms with Crippen LogP contribution >= 0.6 is 0 Å². The standard InChI is InChI=1S/C12H15NO/c14-12-7-3-4-10(8-12)9-13-11-5-1-2-6-11/h1-4,7-8,11,13-14H,5-6,9H2. The predicted molar refractivity (Wildman–Crippen MR) is 57.1 cm³/mol. The molecular formula is C12H15NO. The van der Waals surface area contributed by atoms with Crippen LogP contribution in [0.3, 0.4) is 0 Å². The van der Waals surface area contributed by atoms with E-state index in [0.29, 0.717) is 11.8 Å². The van der Waals surface area contributed by atoms with Crippen molar-refractivity contribution in [3.8, 4) is 5.75 Å². The SMILES string of the molecule is Oc1cccc(CNC2CC=CC2)c1. The lowest BCUT2D eigenvalue weighted by Crippen LogP contribution is -2.25. The Morgan fingerprint density at radius 3 is 2.79 bits per heavy atom. The average Bonchev–Trinajstić information content (AvgIpc) is 2.67. The van der Waals surface area contributed by atoms with Gasteiger partial charge in [-0.1, -0.05) is 24.3 Å². The molecule has 0 atom stereocenters. The van der Waals surface area contributed by atoms with E-state index in [0.717, 1.165) is 24.9 Å². The molecule has 0 saturated heterocycles. The monoisotopic (exact) mass is 189 g/mol. The minimum atomic E-state index is 0.342. The van der Waals surface area contributed by atoms with Crippen molar-refractivity contribution >= 4 is 0 Å². The molecule has 0 aliphatic heterocycles. The van der Waals surface area contributed by atoms with Crippen molar-refractivity contribution in [2.75, 3.05) is 0 Å². The Morgan fingerprint density at radius 1 is 1.29 bits per heavy atom. The van der Waals surface area contributed by atoms with Crippen LogP contribution in [0, 0.1) is 0 Å². The number of hydrogen-bond acceptors (Lipinski definition) is 2. The molecule has 1 aromatic rings. The summed E-state index contributed by atoms with van der Waals surface area (Å²) in [6.07, 6.45) is 6.66. The third-order valence-corrected chi connectivity index (χ3v) is 2.51. The zero-order chi connectivity index (χ0) is 9.80. The van der Waals surface area contributed by atoms with Gasteiger partial charge in [-0.05, 0) is 30.5 Å². The van der Waals surface area contributed by atoms with Crippen LogP contribution in [0.1, 0.15) is 18.4 Å². The number of phenols is 1. The molecule has 2 N–H and O–H groups in total. The van der Waals surface area contributed by atoms with Crippen LogP contribution < -0.4 is 5.32 Å². The Labute approximate surface area is 84.3 Å². The third kappa shape index (κ3) is 2.36. The van der Waals surface area contributed by atoms with Gasteiger partial charge in [0, 0.05) is 12.6 Å². The smallest absolute Gasteiger partial charge is 0.115 e. The fourth-order valence-electron chi connectivity index (χ4n) is 1.71. The van der Waals surface area contributed by atoms with Gasteiger partial charge < -0.3 is 10.4 Å². The number of benzene rings is 1. The number of rotatable bonds is 3. The highest BCUT2D eigenvalue weighted by Gasteiger charge is 2.08. The Bertz CT molecular complexity index is 325. The highest BCUT2D eigenvalue weighted by Crippen LogP contribution is 2.13. The summed E-state index contributed by atoms with van der Waals surface area (Å²) in [5, 5.41) is 12.7. The van der Waals surface area contributed by atoms with Gasteiger partial charge >= 0.3 is 0 Å². The van der Waals surface area contributed by atoms with E-state index in [1.54, 1.807) is 12.1 Å². The highest BCUT2D eigenvalue weighted by molar-refractivity contribution is 5.27. The quantitative estimate of drug-likeness (QED) is 0.714. The number of phenolic OH excluding ortho intramolecular Hbond substituents is 1. The number of aromatic hydroxyl groups is 1. The normalized spacial score (nSPS) is 16.3. The van der Waals surface area contributed by atoms with Crippen LogP contribution in [-0.2, 0) is 6.54 Å². The summed E-state index contributed by atoms with van der Waals surface area (Å²) in [5.74, 6) is 0.342. The van der Waals surface area contributed by atoms with Crippen LogP contribution in [0.2, 0.25) is 0 Å². The first-order valence-electron chi connectivity index (χ1n) is 5.01. The fourth-order valence-corrected chi connectivity index (χ4v) is 1.71. The maximum Gasteiger partial charge on any atom is 0.115 e. The second-order valence-corrected chi connectivity index (χ2v) is 3.69. The lowest BCUT2D eigenvalue weighted by Gasteiger charge is -2.11. The molecule has 0 unspecified atom stereocenters. The topological polar surface area (TPSA) is 32.3 Å². The molecule has 2 rings (SSSR count). The van der Waals surface area contributed by atoms with Crippen LogP contribution in [0.15, 0.2) is 36.4 Å². The second-order valence-electron chi connectivity index (χ2n) is 3.69. The molecule has 0 saturated carbocycles. The molecule has 1 aliphatic rings. The molecule has 2 nitrogen and oxygen atoms in total. The first-order valence-corrected chi connectivity index (χ1v) is 5.01. The van der Waals surface area contributed by atoms with E-state index >= 15 is 0 Å². The van der Waals surface area contributed by atoms with Gasteiger partial charge in [-0.3, -0.25) is 0 Å².